The first kappa shape index (κ1) is 22.0. The lowest BCUT2D eigenvalue weighted by Gasteiger charge is -2.31. The van der Waals surface area contributed by atoms with Crippen LogP contribution >= 0.6 is 15.9 Å². The van der Waals surface area contributed by atoms with Crippen molar-refractivity contribution in [3.8, 4) is 0 Å². The van der Waals surface area contributed by atoms with E-state index in [1.54, 1.807) is 43.9 Å². The first-order valence-electron chi connectivity index (χ1n) is 10.4. The Morgan fingerprint density at radius 2 is 2.00 bits per heavy atom. The van der Waals surface area contributed by atoms with Crippen LogP contribution in [0.3, 0.4) is 0 Å². The molecule has 0 radical (unpaired) electrons. The number of carbonyl (C=O) groups excluding carboxylic acids is 1. The van der Waals surface area contributed by atoms with Gasteiger partial charge in [0.05, 0.1) is 15.8 Å². The Balaban J connectivity index is 1.67. The number of rotatable bonds is 5. The van der Waals surface area contributed by atoms with Gasteiger partial charge < -0.3 is 9.64 Å². The van der Waals surface area contributed by atoms with Crippen LogP contribution in [0.25, 0.3) is 0 Å². The monoisotopic (exact) mass is 502 g/mol. The van der Waals surface area contributed by atoms with Crippen LogP contribution in [0.1, 0.15) is 52.0 Å². The van der Waals surface area contributed by atoms with Gasteiger partial charge in [-0.1, -0.05) is 12.1 Å². The largest absolute Gasteiger partial charge is 0.444 e. The van der Waals surface area contributed by atoms with Crippen molar-refractivity contribution in [2.45, 2.75) is 75.8 Å². The lowest BCUT2D eigenvalue weighted by molar-refractivity contribution is 0.0213. The van der Waals surface area contributed by atoms with E-state index in [2.05, 4.69) is 20.7 Å². The zero-order chi connectivity index (χ0) is 21.9. The number of halogens is 2. The predicted molar refractivity (Wildman–Crippen MR) is 115 cm³/mol. The molecule has 4 rings (SSSR count). The van der Waals surface area contributed by atoms with Crippen molar-refractivity contribution < 1.29 is 22.3 Å². The second-order valence-electron chi connectivity index (χ2n) is 9.79. The van der Waals surface area contributed by atoms with Gasteiger partial charge in [-0.15, -0.1) is 0 Å². The molecule has 0 bridgehead atoms. The lowest BCUT2D eigenvalue weighted by Crippen LogP contribution is -2.51. The minimum atomic E-state index is -3.46. The van der Waals surface area contributed by atoms with Gasteiger partial charge in [0.25, 0.3) is 0 Å². The van der Waals surface area contributed by atoms with E-state index in [0.717, 1.165) is 12.8 Å². The molecule has 1 spiro atoms. The Bertz CT molecular complexity index is 954. The quantitative estimate of drug-likeness (QED) is 0.660. The van der Waals surface area contributed by atoms with E-state index < -0.39 is 33.8 Å². The smallest absolute Gasteiger partial charge is 0.410 e. The summed E-state index contributed by atoms with van der Waals surface area (Å²) in [5, 5.41) is -0.355. The molecule has 2 atom stereocenters. The van der Waals surface area contributed by atoms with E-state index in [-0.39, 0.29) is 22.9 Å². The first-order chi connectivity index (χ1) is 13.9. The number of nitrogens with zero attached hydrogens (tertiary/aromatic N) is 1. The van der Waals surface area contributed by atoms with Gasteiger partial charge >= 0.3 is 6.09 Å². The SMILES string of the molecule is CC(C)(C)OC(=O)N1CC2(CC2)[C@H](NS(=O)(=O)C2CC2)[C@@H]1Cc1cccc(Br)c1F. The number of ether oxygens (including phenoxy) is 1. The van der Waals surface area contributed by atoms with Gasteiger partial charge in [0.2, 0.25) is 10.0 Å². The van der Waals surface area contributed by atoms with E-state index in [9.17, 15) is 17.6 Å². The van der Waals surface area contributed by atoms with E-state index in [4.69, 9.17) is 4.74 Å². The lowest BCUT2D eigenvalue weighted by atomic mass is 9.92. The summed E-state index contributed by atoms with van der Waals surface area (Å²) >= 11 is 3.21. The summed E-state index contributed by atoms with van der Waals surface area (Å²) in [6, 6.07) is 4.08. The maximum atomic E-state index is 14.7. The number of sulfonamides is 1. The van der Waals surface area contributed by atoms with Crippen LogP contribution in [0.15, 0.2) is 22.7 Å². The fourth-order valence-corrected chi connectivity index (χ4v) is 6.43. The minimum absolute atomic E-state index is 0.212. The summed E-state index contributed by atoms with van der Waals surface area (Å²) in [5.41, 5.74) is -0.534. The van der Waals surface area contributed by atoms with Crippen LogP contribution < -0.4 is 4.72 Å². The van der Waals surface area contributed by atoms with Gasteiger partial charge in [-0.05, 0) is 80.4 Å². The Morgan fingerprint density at radius 3 is 2.57 bits per heavy atom. The molecule has 2 saturated carbocycles. The van der Waals surface area contributed by atoms with Crippen molar-refractivity contribution in [3.63, 3.8) is 0 Å². The molecule has 0 aromatic heterocycles. The molecule has 1 aromatic carbocycles. The van der Waals surface area contributed by atoms with Crippen molar-refractivity contribution in [1.29, 1.82) is 0 Å². The van der Waals surface area contributed by atoms with Crippen molar-refractivity contribution in [1.82, 2.24) is 9.62 Å². The normalized spacial score (nSPS) is 25.6. The molecule has 2 aliphatic carbocycles. The molecule has 166 valence electrons. The van der Waals surface area contributed by atoms with Gasteiger partial charge in [0.1, 0.15) is 11.4 Å². The third-order valence-corrected chi connectivity index (χ3v) is 8.71. The average Bonchev–Trinajstić information content (AvgIpc) is 3.51. The Hall–Kier alpha value is -1.19. The standard InChI is InChI=1S/C21H28BrFN2O4S/c1-20(2,3)29-19(26)25-12-21(9-10-21)18(24-30(27,28)14-7-8-14)16(25)11-13-5-4-6-15(22)17(13)23/h4-6,14,16,18,24H,7-12H2,1-3H3/t16-,18+/m0/s1. The summed E-state index contributed by atoms with van der Waals surface area (Å²) < 4.78 is 49.1. The van der Waals surface area contributed by atoms with Gasteiger partial charge in [-0.3, -0.25) is 0 Å². The third-order valence-electron chi connectivity index (χ3n) is 6.17. The van der Waals surface area contributed by atoms with Gasteiger partial charge in [-0.25, -0.2) is 22.3 Å². The zero-order valence-corrected chi connectivity index (χ0v) is 19.9. The Morgan fingerprint density at radius 1 is 1.33 bits per heavy atom. The molecule has 3 fully saturated rings. The average molecular weight is 503 g/mol. The van der Waals surface area contributed by atoms with Crippen molar-refractivity contribution in [2.24, 2.45) is 5.41 Å². The van der Waals surface area contributed by atoms with Gasteiger partial charge in [0, 0.05) is 18.0 Å². The van der Waals surface area contributed by atoms with Crippen molar-refractivity contribution in [2.75, 3.05) is 6.54 Å². The van der Waals surface area contributed by atoms with E-state index >= 15 is 0 Å². The first-order valence-corrected chi connectivity index (χ1v) is 12.7. The molecule has 9 heteroatoms. The van der Waals surface area contributed by atoms with E-state index in [1.165, 1.54) is 0 Å². The highest BCUT2D eigenvalue weighted by molar-refractivity contribution is 9.10. The molecule has 1 saturated heterocycles. The van der Waals surface area contributed by atoms with E-state index in [1.807, 2.05) is 0 Å². The number of hydrogen-bond acceptors (Lipinski definition) is 4. The Kier molecular flexibility index (Phi) is 5.47. The molecular weight excluding hydrogens is 475 g/mol. The summed E-state index contributed by atoms with van der Waals surface area (Å²) in [6.07, 6.45) is 2.72. The molecule has 1 amide bonds. The second kappa shape index (κ2) is 7.45. The van der Waals surface area contributed by atoms with Gasteiger partial charge in [0.15, 0.2) is 0 Å². The highest BCUT2D eigenvalue weighted by Crippen LogP contribution is 2.56. The fourth-order valence-electron chi connectivity index (χ4n) is 4.31. The van der Waals surface area contributed by atoms with Crippen LogP contribution in [-0.2, 0) is 21.2 Å². The van der Waals surface area contributed by atoms with Crippen LogP contribution in [0, 0.1) is 11.2 Å². The number of amides is 1. The molecular formula is C21H28BrFN2O4S. The van der Waals surface area contributed by atoms with Crippen LogP contribution in [0.5, 0.6) is 0 Å². The zero-order valence-electron chi connectivity index (χ0n) is 17.5. The molecule has 6 nitrogen and oxygen atoms in total. The van der Waals surface area contributed by atoms with Crippen molar-refractivity contribution in [3.05, 3.63) is 34.1 Å². The van der Waals surface area contributed by atoms with Crippen molar-refractivity contribution >= 4 is 32.0 Å². The summed E-state index contributed by atoms with van der Waals surface area (Å²) in [4.78, 5) is 14.6. The number of likely N-dealkylation sites (tertiary alicyclic amines) is 1. The topological polar surface area (TPSA) is 75.7 Å². The van der Waals surface area contributed by atoms with Crippen LogP contribution in [0.2, 0.25) is 0 Å². The molecule has 1 N–H and O–H groups in total. The molecule has 1 aromatic rings. The number of benzene rings is 1. The summed E-state index contributed by atoms with van der Waals surface area (Å²) in [5.74, 6) is -0.387. The maximum Gasteiger partial charge on any atom is 0.410 e. The van der Waals surface area contributed by atoms with E-state index in [0.29, 0.717) is 29.4 Å². The summed E-state index contributed by atoms with van der Waals surface area (Å²) in [6.45, 7) is 5.80. The molecule has 3 aliphatic rings. The highest BCUT2D eigenvalue weighted by atomic mass is 79.9. The van der Waals surface area contributed by atoms with Gasteiger partial charge in [-0.2, -0.15) is 0 Å². The molecule has 0 unspecified atom stereocenters. The second-order valence-corrected chi connectivity index (χ2v) is 12.6. The summed E-state index contributed by atoms with van der Waals surface area (Å²) in [7, 11) is -3.46. The predicted octanol–water partition coefficient (Wildman–Crippen LogP) is 3.98. The van der Waals surface area contributed by atoms with Crippen LogP contribution in [-0.4, -0.2) is 48.9 Å². The molecule has 1 heterocycles. The number of nitrogens with one attached hydrogen (secondary N) is 1. The minimum Gasteiger partial charge on any atom is -0.444 e. The Labute approximate surface area is 185 Å². The number of carbonyl (C=O) groups is 1. The molecule has 1 aliphatic heterocycles. The maximum absolute atomic E-state index is 14.7. The highest BCUT2D eigenvalue weighted by Gasteiger charge is 2.62. The van der Waals surface area contributed by atoms with Crippen LogP contribution in [0.4, 0.5) is 9.18 Å². The fraction of sp³-hybridized carbons (Fsp3) is 0.667. The molecule has 30 heavy (non-hydrogen) atoms. The number of hydrogen-bond donors (Lipinski definition) is 1. The third kappa shape index (κ3) is 4.39.